The lowest BCUT2D eigenvalue weighted by Gasteiger charge is -2.14. The molecule has 22 heavy (non-hydrogen) atoms. The molecule has 1 atom stereocenters. The summed E-state index contributed by atoms with van der Waals surface area (Å²) in [7, 11) is 0. The van der Waals surface area contributed by atoms with Gasteiger partial charge in [-0.25, -0.2) is 5.84 Å². The summed E-state index contributed by atoms with van der Waals surface area (Å²) in [6, 6.07) is 3.72. The predicted octanol–water partition coefficient (Wildman–Crippen LogP) is 0.831. The number of carboxylic acids is 1. The number of aromatic nitrogens is 1. The summed E-state index contributed by atoms with van der Waals surface area (Å²) in [5.74, 6) is 9.40. The lowest BCUT2D eigenvalue weighted by Crippen LogP contribution is -2.34. The van der Waals surface area contributed by atoms with Crippen molar-refractivity contribution in [1.29, 1.82) is 0 Å². The second-order valence-electron chi connectivity index (χ2n) is 5.32. The van der Waals surface area contributed by atoms with E-state index < -0.39 is 11.9 Å². The summed E-state index contributed by atoms with van der Waals surface area (Å²) >= 11 is 0. The highest BCUT2D eigenvalue weighted by molar-refractivity contribution is 5.85. The Labute approximate surface area is 130 Å². The summed E-state index contributed by atoms with van der Waals surface area (Å²) in [5, 5.41) is 12.3. The standard InChI is InChI=1S/C8H18N4O2.C6H8N2/c1-5(2)3-6(8(13)14)4-7(11-9)12-10;1-5-2-3-6(7)4-8-5/h5-6H,3-4,9-10H2,1-2H3,(H,11,12)(H,13,14);2-4H,7H2,1H3/t6-;/m0./s1. The van der Waals surface area contributed by atoms with Crippen molar-refractivity contribution >= 4 is 17.5 Å². The number of nitrogens with two attached hydrogens (primary N) is 3. The van der Waals surface area contributed by atoms with E-state index in [1.807, 2.05) is 32.9 Å². The fourth-order valence-electron chi connectivity index (χ4n) is 1.70. The molecule has 8 N–H and O–H groups in total. The number of nitrogens with zero attached hydrogens (tertiary/aromatic N) is 2. The van der Waals surface area contributed by atoms with E-state index in [0.717, 1.165) is 11.4 Å². The van der Waals surface area contributed by atoms with Crippen molar-refractivity contribution in [3.8, 4) is 0 Å². The molecule has 0 aliphatic heterocycles. The Morgan fingerprint density at radius 3 is 2.41 bits per heavy atom. The van der Waals surface area contributed by atoms with Crippen LogP contribution in [0.1, 0.15) is 32.4 Å². The summed E-state index contributed by atoms with van der Waals surface area (Å²) in [6.45, 7) is 5.86. The molecule has 0 aliphatic carbocycles. The van der Waals surface area contributed by atoms with Crippen LogP contribution in [-0.2, 0) is 4.79 Å². The summed E-state index contributed by atoms with van der Waals surface area (Å²) in [5.41, 5.74) is 9.35. The van der Waals surface area contributed by atoms with Crippen LogP contribution in [0.15, 0.2) is 23.4 Å². The Morgan fingerprint density at radius 1 is 1.45 bits per heavy atom. The van der Waals surface area contributed by atoms with Crippen molar-refractivity contribution in [2.24, 2.45) is 28.6 Å². The molecule has 1 rings (SSSR count). The maximum atomic E-state index is 10.8. The number of rotatable bonds is 5. The minimum Gasteiger partial charge on any atom is -0.481 e. The summed E-state index contributed by atoms with van der Waals surface area (Å²) < 4.78 is 0. The number of nitrogen functional groups attached to an aromatic ring is 1. The maximum absolute atomic E-state index is 10.8. The number of aryl methyl sites for hydroxylation is 1. The zero-order valence-corrected chi connectivity index (χ0v) is 13.3. The van der Waals surface area contributed by atoms with Gasteiger partial charge in [-0.15, -0.1) is 0 Å². The molecule has 124 valence electrons. The number of amidine groups is 1. The molecule has 0 aromatic carbocycles. The van der Waals surface area contributed by atoms with Crippen LogP contribution in [0.2, 0.25) is 0 Å². The molecule has 0 amide bonds. The normalized spacial score (nSPS) is 12.3. The van der Waals surface area contributed by atoms with Crippen LogP contribution in [0, 0.1) is 18.8 Å². The van der Waals surface area contributed by atoms with Crippen LogP contribution in [0.4, 0.5) is 5.69 Å². The number of pyridine rings is 1. The van der Waals surface area contributed by atoms with Crippen molar-refractivity contribution in [2.75, 3.05) is 5.73 Å². The van der Waals surface area contributed by atoms with Gasteiger partial charge >= 0.3 is 5.97 Å². The van der Waals surface area contributed by atoms with E-state index in [1.165, 1.54) is 0 Å². The van der Waals surface area contributed by atoms with E-state index >= 15 is 0 Å². The Morgan fingerprint density at radius 2 is 2.09 bits per heavy atom. The number of nitrogens with one attached hydrogen (secondary N) is 1. The van der Waals surface area contributed by atoms with Crippen molar-refractivity contribution in [2.45, 2.75) is 33.6 Å². The average Bonchev–Trinajstić information content (AvgIpc) is 2.46. The maximum Gasteiger partial charge on any atom is 0.306 e. The quantitative estimate of drug-likeness (QED) is 0.234. The van der Waals surface area contributed by atoms with Crippen LogP contribution >= 0.6 is 0 Å². The molecule has 1 aromatic heterocycles. The highest BCUT2D eigenvalue weighted by Crippen LogP contribution is 2.15. The molecule has 1 heterocycles. The third kappa shape index (κ3) is 8.75. The van der Waals surface area contributed by atoms with Gasteiger partial charge in [-0.3, -0.25) is 9.78 Å². The van der Waals surface area contributed by atoms with E-state index in [9.17, 15) is 4.79 Å². The van der Waals surface area contributed by atoms with Gasteiger partial charge in [0.2, 0.25) is 0 Å². The minimum atomic E-state index is -0.852. The van der Waals surface area contributed by atoms with Crippen LogP contribution < -0.4 is 22.8 Å². The zero-order chi connectivity index (χ0) is 17.1. The van der Waals surface area contributed by atoms with Gasteiger partial charge in [0, 0.05) is 12.1 Å². The first-order valence-electron chi connectivity index (χ1n) is 6.94. The highest BCUT2D eigenvalue weighted by atomic mass is 16.4. The second-order valence-corrected chi connectivity index (χ2v) is 5.32. The third-order valence-electron chi connectivity index (χ3n) is 2.80. The Bertz CT molecular complexity index is 452. The third-order valence-corrected chi connectivity index (χ3v) is 2.80. The molecular weight excluding hydrogens is 284 g/mol. The molecule has 0 unspecified atom stereocenters. The molecule has 0 saturated carbocycles. The molecule has 8 heteroatoms. The van der Waals surface area contributed by atoms with E-state index in [2.05, 4.69) is 15.5 Å². The van der Waals surface area contributed by atoms with Gasteiger partial charge in [0.1, 0.15) is 5.84 Å². The van der Waals surface area contributed by atoms with Gasteiger partial charge < -0.3 is 22.1 Å². The molecule has 1 aromatic rings. The van der Waals surface area contributed by atoms with Gasteiger partial charge in [-0.2, -0.15) is 5.10 Å². The number of hydrazine groups is 1. The molecule has 0 saturated heterocycles. The van der Waals surface area contributed by atoms with Crippen LogP contribution in [0.5, 0.6) is 0 Å². The molecule has 0 aliphatic rings. The zero-order valence-electron chi connectivity index (χ0n) is 13.3. The number of hydrogen-bond acceptors (Lipinski definition) is 6. The first-order valence-corrected chi connectivity index (χ1v) is 6.94. The van der Waals surface area contributed by atoms with Crippen molar-refractivity contribution < 1.29 is 9.90 Å². The number of carbonyl (C=O) groups is 1. The molecule has 8 nitrogen and oxygen atoms in total. The number of hydrogen-bond donors (Lipinski definition) is 5. The largest absolute Gasteiger partial charge is 0.481 e. The Balaban J connectivity index is 0.000000461. The van der Waals surface area contributed by atoms with Crippen molar-refractivity contribution in [3.05, 3.63) is 24.0 Å². The fourth-order valence-corrected chi connectivity index (χ4v) is 1.70. The van der Waals surface area contributed by atoms with Gasteiger partial charge in [-0.05, 0) is 31.4 Å². The summed E-state index contributed by atoms with van der Waals surface area (Å²) in [6.07, 6.45) is 2.46. The lowest BCUT2D eigenvalue weighted by atomic mass is 9.94. The van der Waals surface area contributed by atoms with E-state index in [4.69, 9.17) is 22.5 Å². The monoisotopic (exact) mass is 310 g/mol. The predicted molar refractivity (Wildman–Crippen MR) is 87.5 cm³/mol. The molecule has 0 fully saturated rings. The highest BCUT2D eigenvalue weighted by Gasteiger charge is 2.20. The van der Waals surface area contributed by atoms with E-state index in [1.54, 1.807) is 6.20 Å². The first-order chi connectivity index (χ1) is 10.3. The van der Waals surface area contributed by atoms with E-state index in [-0.39, 0.29) is 6.42 Å². The molecule has 0 bridgehead atoms. The van der Waals surface area contributed by atoms with Crippen molar-refractivity contribution in [1.82, 2.24) is 10.4 Å². The molecule has 0 spiro atoms. The Hall–Kier alpha value is -2.35. The van der Waals surface area contributed by atoms with Crippen LogP contribution in [0.3, 0.4) is 0 Å². The lowest BCUT2D eigenvalue weighted by molar-refractivity contribution is -0.142. The smallest absolute Gasteiger partial charge is 0.306 e. The minimum absolute atomic E-state index is 0.237. The van der Waals surface area contributed by atoms with Crippen LogP contribution in [-0.4, -0.2) is 21.9 Å². The van der Waals surface area contributed by atoms with Crippen LogP contribution in [0.25, 0.3) is 0 Å². The van der Waals surface area contributed by atoms with Gasteiger partial charge in [0.25, 0.3) is 0 Å². The first kappa shape index (κ1) is 19.7. The fraction of sp³-hybridized carbons (Fsp3) is 0.500. The second kappa shape index (κ2) is 10.4. The SMILES string of the molecule is CC(C)C[C@@H](C/C(=N/N)NN)C(=O)O.Cc1ccc(N)cn1. The molecule has 0 radical (unpaired) electrons. The summed E-state index contributed by atoms with van der Waals surface area (Å²) in [4.78, 5) is 14.8. The van der Waals surface area contributed by atoms with E-state index in [0.29, 0.717) is 18.2 Å². The average molecular weight is 310 g/mol. The number of anilines is 1. The van der Waals surface area contributed by atoms with Gasteiger partial charge in [0.15, 0.2) is 0 Å². The number of hydrazone groups is 1. The van der Waals surface area contributed by atoms with Crippen molar-refractivity contribution in [3.63, 3.8) is 0 Å². The Kier molecular flexibility index (Phi) is 9.28. The number of aliphatic carboxylic acids is 1. The number of carboxylic acid groups (broad SMARTS) is 1. The molecular formula is C14H26N6O2. The topological polar surface area (TPSA) is 153 Å². The van der Waals surface area contributed by atoms with Gasteiger partial charge in [-0.1, -0.05) is 13.8 Å². The van der Waals surface area contributed by atoms with Gasteiger partial charge in [0.05, 0.1) is 17.8 Å².